The molecule has 1 aliphatic heterocycles. The van der Waals surface area contributed by atoms with Crippen LogP contribution in [-0.4, -0.2) is 12.6 Å². The summed E-state index contributed by atoms with van der Waals surface area (Å²) < 4.78 is 5.07. The number of rotatable bonds is 1. The lowest BCUT2D eigenvalue weighted by Gasteiger charge is -1.94. The summed E-state index contributed by atoms with van der Waals surface area (Å²) in [6, 6.07) is 9.60. The highest BCUT2D eigenvalue weighted by atomic mass is 16.5. The fourth-order valence-corrected chi connectivity index (χ4v) is 1.14. The first-order chi connectivity index (χ1) is 6.36. The minimum absolute atomic E-state index is 0.149. The fourth-order valence-electron chi connectivity index (χ4n) is 1.14. The Hall–Kier alpha value is -1.77. The van der Waals surface area contributed by atoms with Gasteiger partial charge in [0.2, 0.25) is 0 Å². The second-order valence-electron chi connectivity index (χ2n) is 2.71. The van der Waals surface area contributed by atoms with Crippen LogP contribution in [0.25, 0.3) is 6.08 Å². The van der Waals surface area contributed by atoms with E-state index in [0.29, 0.717) is 5.76 Å². The van der Waals surface area contributed by atoms with Crippen molar-refractivity contribution in [3.05, 3.63) is 41.7 Å². The van der Waals surface area contributed by atoms with E-state index in [9.17, 15) is 4.79 Å². The Morgan fingerprint density at radius 2 is 2.08 bits per heavy atom. The van der Waals surface area contributed by atoms with Gasteiger partial charge in [-0.3, -0.25) is 4.79 Å². The molecule has 13 heavy (non-hydrogen) atoms. The topological polar surface area (TPSA) is 38.3 Å². The van der Waals surface area contributed by atoms with Gasteiger partial charge in [-0.05, 0) is 11.6 Å². The number of hydrogen-bond acceptors (Lipinski definition) is 2. The van der Waals surface area contributed by atoms with Gasteiger partial charge in [-0.15, -0.1) is 0 Å². The van der Waals surface area contributed by atoms with Crippen LogP contribution in [-0.2, 0) is 9.53 Å². The molecule has 0 bridgehead atoms. The van der Waals surface area contributed by atoms with E-state index in [1.807, 2.05) is 30.3 Å². The Morgan fingerprint density at radius 3 is 2.69 bits per heavy atom. The molecule has 0 unspecified atom stereocenters. The van der Waals surface area contributed by atoms with E-state index >= 15 is 0 Å². The fraction of sp³-hybridized carbons (Fsp3) is 0.100. The van der Waals surface area contributed by atoms with Gasteiger partial charge >= 0.3 is 0 Å². The Labute approximate surface area is 76.0 Å². The molecule has 1 saturated heterocycles. The molecule has 2 rings (SSSR count). The molecule has 0 radical (unpaired) electrons. The summed E-state index contributed by atoms with van der Waals surface area (Å²) in [6.45, 7) is 0.275. The number of carbonyl (C=O) groups is 1. The summed E-state index contributed by atoms with van der Waals surface area (Å²) >= 11 is 0. The maximum atomic E-state index is 11.1. The van der Waals surface area contributed by atoms with E-state index in [-0.39, 0.29) is 12.6 Å². The van der Waals surface area contributed by atoms with E-state index < -0.39 is 0 Å². The van der Waals surface area contributed by atoms with Crippen molar-refractivity contribution in [2.45, 2.75) is 0 Å². The standard InChI is InChI=1S/C10H9NO2/c12-10-9(13-7-11-10)6-8-4-2-1-3-5-8/h1-6H,7H2,(H,11,12)/b9-6-. The second kappa shape index (κ2) is 3.31. The molecule has 3 heteroatoms. The molecule has 1 aliphatic rings. The second-order valence-corrected chi connectivity index (χ2v) is 2.71. The normalized spacial score (nSPS) is 18.5. The summed E-state index contributed by atoms with van der Waals surface area (Å²) in [6.07, 6.45) is 1.72. The number of carbonyl (C=O) groups excluding carboxylic acids is 1. The van der Waals surface area contributed by atoms with Crippen LogP contribution in [0.15, 0.2) is 36.1 Å². The molecule has 0 aromatic heterocycles. The molecule has 1 fully saturated rings. The van der Waals surface area contributed by atoms with Gasteiger partial charge in [-0.1, -0.05) is 30.3 Å². The third kappa shape index (κ3) is 1.69. The van der Waals surface area contributed by atoms with Gasteiger partial charge in [-0.25, -0.2) is 0 Å². The summed E-state index contributed by atoms with van der Waals surface area (Å²) in [7, 11) is 0. The summed E-state index contributed by atoms with van der Waals surface area (Å²) in [5, 5.41) is 2.56. The van der Waals surface area contributed by atoms with E-state index in [2.05, 4.69) is 5.32 Å². The summed E-state index contributed by atoms with van der Waals surface area (Å²) in [5.41, 5.74) is 0.967. The number of amides is 1. The zero-order chi connectivity index (χ0) is 9.10. The van der Waals surface area contributed by atoms with Crippen molar-refractivity contribution in [2.75, 3.05) is 6.73 Å². The van der Waals surface area contributed by atoms with Crippen LogP contribution in [0.2, 0.25) is 0 Å². The van der Waals surface area contributed by atoms with Crippen LogP contribution in [0, 0.1) is 0 Å². The van der Waals surface area contributed by atoms with E-state index in [1.54, 1.807) is 6.08 Å². The van der Waals surface area contributed by atoms with E-state index in [1.165, 1.54) is 0 Å². The van der Waals surface area contributed by atoms with Crippen molar-refractivity contribution in [3.8, 4) is 0 Å². The maximum Gasteiger partial charge on any atom is 0.289 e. The maximum absolute atomic E-state index is 11.1. The van der Waals surface area contributed by atoms with Gasteiger partial charge < -0.3 is 10.1 Å². The molecule has 1 heterocycles. The highest BCUT2D eigenvalue weighted by molar-refractivity contribution is 5.97. The summed E-state index contributed by atoms with van der Waals surface area (Å²) in [5.74, 6) is 0.232. The number of ether oxygens (including phenoxy) is 1. The van der Waals surface area contributed by atoms with E-state index in [4.69, 9.17) is 4.74 Å². The molecule has 0 aliphatic carbocycles. The first-order valence-corrected chi connectivity index (χ1v) is 4.04. The van der Waals surface area contributed by atoms with Crippen LogP contribution in [0.3, 0.4) is 0 Å². The molecular weight excluding hydrogens is 166 g/mol. The zero-order valence-electron chi connectivity index (χ0n) is 6.99. The van der Waals surface area contributed by atoms with Gasteiger partial charge in [0, 0.05) is 0 Å². The minimum atomic E-state index is -0.149. The SMILES string of the molecule is O=C1NCO/C1=C\c1ccccc1. The van der Waals surface area contributed by atoms with Crippen molar-refractivity contribution >= 4 is 12.0 Å². The molecule has 1 N–H and O–H groups in total. The third-order valence-corrected chi connectivity index (χ3v) is 1.78. The van der Waals surface area contributed by atoms with Crippen molar-refractivity contribution in [1.82, 2.24) is 5.32 Å². The molecule has 0 saturated carbocycles. The lowest BCUT2D eigenvalue weighted by molar-refractivity contribution is -0.116. The molecule has 1 aromatic carbocycles. The molecular formula is C10H9NO2. The van der Waals surface area contributed by atoms with Crippen LogP contribution >= 0.6 is 0 Å². The van der Waals surface area contributed by atoms with Crippen molar-refractivity contribution < 1.29 is 9.53 Å². The Kier molecular flexibility index (Phi) is 2.00. The highest BCUT2D eigenvalue weighted by Gasteiger charge is 2.16. The van der Waals surface area contributed by atoms with Gasteiger partial charge in [-0.2, -0.15) is 0 Å². The molecule has 0 spiro atoms. The number of nitrogens with one attached hydrogen (secondary N) is 1. The van der Waals surface area contributed by atoms with Crippen LogP contribution in [0.1, 0.15) is 5.56 Å². The zero-order valence-corrected chi connectivity index (χ0v) is 6.99. The first kappa shape index (κ1) is 7.86. The average Bonchev–Trinajstić information content (AvgIpc) is 2.54. The lowest BCUT2D eigenvalue weighted by Crippen LogP contribution is -2.13. The number of hydrogen-bond donors (Lipinski definition) is 1. The Bertz CT molecular complexity index is 343. The van der Waals surface area contributed by atoms with Crippen LogP contribution in [0.5, 0.6) is 0 Å². The van der Waals surface area contributed by atoms with E-state index in [0.717, 1.165) is 5.56 Å². The molecule has 3 nitrogen and oxygen atoms in total. The molecule has 1 amide bonds. The quantitative estimate of drug-likeness (QED) is 0.650. The van der Waals surface area contributed by atoms with Gasteiger partial charge in [0.1, 0.15) is 0 Å². The predicted molar refractivity (Wildman–Crippen MR) is 48.5 cm³/mol. The van der Waals surface area contributed by atoms with Gasteiger partial charge in [0.15, 0.2) is 12.5 Å². The number of benzene rings is 1. The van der Waals surface area contributed by atoms with Gasteiger partial charge in [0.25, 0.3) is 5.91 Å². The molecule has 66 valence electrons. The monoisotopic (exact) mass is 175 g/mol. The Balaban J connectivity index is 2.25. The predicted octanol–water partition coefficient (Wildman–Crippen LogP) is 1.13. The van der Waals surface area contributed by atoms with Crippen molar-refractivity contribution in [3.63, 3.8) is 0 Å². The minimum Gasteiger partial charge on any atom is -0.467 e. The smallest absolute Gasteiger partial charge is 0.289 e. The summed E-state index contributed by atoms with van der Waals surface area (Å²) in [4.78, 5) is 11.1. The highest BCUT2D eigenvalue weighted by Crippen LogP contribution is 2.10. The molecule has 0 atom stereocenters. The van der Waals surface area contributed by atoms with Crippen molar-refractivity contribution in [2.24, 2.45) is 0 Å². The molecule has 1 aromatic rings. The van der Waals surface area contributed by atoms with Crippen LogP contribution in [0.4, 0.5) is 0 Å². The Morgan fingerprint density at radius 1 is 1.31 bits per heavy atom. The van der Waals surface area contributed by atoms with Crippen LogP contribution < -0.4 is 5.32 Å². The third-order valence-electron chi connectivity index (χ3n) is 1.78. The average molecular weight is 175 g/mol. The largest absolute Gasteiger partial charge is 0.467 e. The van der Waals surface area contributed by atoms with Gasteiger partial charge in [0.05, 0.1) is 0 Å². The first-order valence-electron chi connectivity index (χ1n) is 4.04. The van der Waals surface area contributed by atoms with Crippen molar-refractivity contribution in [1.29, 1.82) is 0 Å². The lowest BCUT2D eigenvalue weighted by atomic mass is 10.2.